The highest BCUT2D eigenvalue weighted by Gasteiger charge is 2.14. The number of carbonyl (C=O) groups is 1. The van der Waals surface area contributed by atoms with Gasteiger partial charge in [0.1, 0.15) is 12.4 Å². The highest BCUT2D eigenvalue weighted by molar-refractivity contribution is 6.30. The topological polar surface area (TPSA) is 69.2 Å². The molecule has 172 valence electrons. The van der Waals surface area contributed by atoms with Crippen molar-refractivity contribution < 1.29 is 19.0 Å². The van der Waals surface area contributed by atoms with Gasteiger partial charge in [-0.1, -0.05) is 35.3 Å². The normalized spacial score (nSPS) is 11.8. The Morgan fingerprint density at radius 3 is 2.30 bits per heavy atom. The molecule has 0 radical (unpaired) electrons. The predicted molar refractivity (Wildman–Crippen MR) is 131 cm³/mol. The van der Waals surface area contributed by atoms with Crippen molar-refractivity contribution in [3.05, 3.63) is 87.9 Å². The van der Waals surface area contributed by atoms with E-state index < -0.39 is 6.10 Å². The van der Waals surface area contributed by atoms with Crippen LogP contribution in [0.3, 0.4) is 0 Å². The van der Waals surface area contributed by atoms with Crippen LogP contribution >= 0.6 is 23.2 Å². The fourth-order valence-electron chi connectivity index (χ4n) is 2.77. The first-order chi connectivity index (χ1) is 15.9. The van der Waals surface area contributed by atoms with Gasteiger partial charge in [0, 0.05) is 10.0 Å². The maximum absolute atomic E-state index is 12.2. The summed E-state index contributed by atoms with van der Waals surface area (Å²) in [5, 5.41) is 5.29. The zero-order valence-electron chi connectivity index (χ0n) is 18.3. The number of hydrazone groups is 1. The number of nitrogens with zero attached hydrogens (tertiary/aromatic N) is 1. The molecule has 3 aromatic rings. The predicted octanol–water partition coefficient (Wildman–Crippen LogP) is 5.89. The zero-order chi connectivity index (χ0) is 23.6. The molecule has 0 aliphatic rings. The number of hydrogen-bond acceptors (Lipinski definition) is 5. The summed E-state index contributed by atoms with van der Waals surface area (Å²) >= 11 is 11.8. The minimum absolute atomic E-state index is 0.380. The van der Waals surface area contributed by atoms with Crippen LogP contribution in [0, 0.1) is 0 Å². The number of benzene rings is 3. The zero-order valence-corrected chi connectivity index (χ0v) is 19.8. The lowest BCUT2D eigenvalue weighted by molar-refractivity contribution is -0.127. The lowest BCUT2D eigenvalue weighted by Crippen LogP contribution is -2.33. The van der Waals surface area contributed by atoms with Crippen LogP contribution in [0.2, 0.25) is 10.0 Å². The van der Waals surface area contributed by atoms with Crippen molar-refractivity contribution >= 4 is 35.3 Å². The molecule has 0 saturated heterocycles. The summed E-state index contributed by atoms with van der Waals surface area (Å²) in [6.45, 7) is 4.39. The van der Waals surface area contributed by atoms with Crippen LogP contribution < -0.4 is 19.6 Å². The summed E-state index contributed by atoms with van der Waals surface area (Å²) in [6, 6.07) is 19.6. The first kappa shape index (κ1) is 24.4. The first-order valence-corrected chi connectivity index (χ1v) is 11.1. The van der Waals surface area contributed by atoms with Gasteiger partial charge in [-0.25, -0.2) is 5.43 Å². The summed E-state index contributed by atoms with van der Waals surface area (Å²) in [6.07, 6.45) is 0.796. The van der Waals surface area contributed by atoms with E-state index in [2.05, 4.69) is 10.5 Å². The highest BCUT2D eigenvalue weighted by atomic mass is 35.5. The van der Waals surface area contributed by atoms with Gasteiger partial charge in [-0.2, -0.15) is 5.10 Å². The maximum Gasteiger partial charge on any atom is 0.280 e. The Kier molecular flexibility index (Phi) is 8.98. The fourth-order valence-corrected chi connectivity index (χ4v) is 3.02. The molecule has 0 heterocycles. The lowest BCUT2D eigenvalue weighted by Gasteiger charge is -2.13. The van der Waals surface area contributed by atoms with Gasteiger partial charge in [0.25, 0.3) is 5.91 Å². The molecule has 3 rings (SSSR count). The van der Waals surface area contributed by atoms with E-state index in [1.165, 1.54) is 6.21 Å². The summed E-state index contributed by atoms with van der Waals surface area (Å²) in [7, 11) is 0. The van der Waals surface area contributed by atoms with Gasteiger partial charge in [-0.15, -0.1) is 0 Å². The second-order valence-corrected chi connectivity index (χ2v) is 7.88. The summed E-state index contributed by atoms with van der Waals surface area (Å²) < 4.78 is 17.2. The van der Waals surface area contributed by atoms with Gasteiger partial charge in [-0.3, -0.25) is 4.79 Å². The first-order valence-electron chi connectivity index (χ1n) is 10.3. The van der Waals surface area contributed by atoms with Gasteiger partial charge in [-0.05, 0) is 79.6 Å². The van der Waals surface area contributed by atoms with Crippen molar-refractivity contribution in [3.8, 4) is 17.2 Å². The average molecular weight is 487 g/mol. The molecule has 0 unspecified atom stereocenters. The third kappa shape index (κ3) is 7.70. The molecular formula is C25H24Cl2N2O4. The van der Waals surface area contributed by atoms with E-state index in [-0.39, 0.29) is 5.91 Å². The van der Waals surface area contributed by atoms with Gasteiger partial charge in [0.15, 0.2) is 17.6 Å². The number of ether oxygens (including phenoxy) is 3. The number of hydrogen-bond donors (Lipinski definition) is 1. The minimum atomic E-state index is -0.731. The Labute approximate surface area is 203 Å². The molecule has 0 aliphatic carbocycles. The highest BCUT2D eigenvalue weighted by Crippen LogP contribution is 2.29. The molecule has 0 aromatic heterocycles. The Morgan fingerprint density at radius 2 is 1.64 bits per heavy atom. The van der Waals surface area contributed by atoms with E-state index in [1.54, 1.807) is 43.3 Å². The SMILES string of the molecule is CCOc1cc(/C=N\NC(=O)[C@@H](C)Oc2ccc(Cl)cc2)ccc1OCc1ccc(Cl)cc1. The standard InChI is InChI=1S/C25H24Cl2N2O4/c1-3-31-24-14-19(6-13-23(24)32-16-18-4-7-20(26)8-5-18)15-28-29-25(30)17(2)33-22-11-9-21(27)10-12-22/h4-15,17H,3,16H2,1-2H3,(H,29,30)/b28-15-/t17-/m1/s1. The Bertz CT molecular complexity index is 1090. The van der Waals surface area contributed by atoms with Crippen LogP contribution in [0.25, 0.3) is 0 Å². The largest absolute Gasteiger partial charge is 0.490 e. The Balaban J connectivity index is 1.57. The molecule has 1 atom stereocenters. The molecule has 8 heteroatoms. The quantitative estimate of drug-likeness (QED) is 0.286. The molecule has 0 fully saturated rings. The van der Waals surface area contributed by atoms with Gasteiger partial charge < -0.3 is 14.2 Å². The molecule has 0 bridgehead atoms. The summed E-state index contributed by atoms with van der Waals surface area (Å²) in [4.78, 5) is 12.2. The third-order valence-corrected chi connectivity index (χ3v) is 4.96. The van der Waals surface area contributed by atoms with Crippen molar-refractivity contribution in [1.82, 2.24) is 5.43 Å². The smallest absolute Gasteiger partial charge is 0.280 e. The van der Waals surface area contributed by atoms with Crippen molar-refractivity contribution in [2.45, 2.75) is 26.6 Å². The van der Waals surface area contributed by atoms with Crippen LogP contribution in [0.15, 0.2) is 71.8 Å². The van der Waals surface area contributed by atoms with E-state index in [4.69, 9.17) is 37.4 Å². The van der Waals surface area contributed by atoms with Crippen molar-refractivity contribution in [3.63, 3.8) is 0 Å². The number of amides is 1. The van der Waals surface area contributed by atoms with E-state index >= 15 is 0 Å². The van der Waals surface area contributed by atoms with Crippen LogP contribution in [0.4, 0.5) is 0 Å². The van der Waals surface area contributed by atoms with Crippen LogP contribution in [-0.2, 0) is 11.4 Å². The van der Waals surface area contributed by atoms with Crippen LogP contribution in [0.1, 0.15) is 25.0 Å². The monoisotopic (exact) mass is 486 g/mol. The number of halogens is 2. The van der Waals surface area contributed by atoms with Gasteiger partial charge in [0.05, 0.1) is 12.8 Å². The summed E-state index contributed by atoms with van der Waals surface area (Å²) in [5.41, 5.74) is 4.21. The second-order valence-electron chi connectivity index (χ2n) is 7.00. The molecule has 33 heavy (non-hydrogen) atoms. The fraction of sp³-hybridized carbons (Fsp3) is 0.200. The molecule has 1 amide bonds. The van der Waals surface area contributed by atoms with Crippen molar-refractivity contribution in [2.24, 2.45) is 5.10 Å². The minimum Gasteiger partial charge on any atom is -0.490 e. The van der Waals surface area contributed by atoms with Gasteiger partial charge in [0.2, 0.25) is 0 Å². The number of rotatable bonds is 10. The Hall–Kier alpha value is -3.22. The number of carbonyl (C=O) groups excluding carboxylic acids is 1. The molecule has 0 saturated carbocycles. The van der Waals surface area contributed by atoms with Gasteiger partial charge >= 0.3 is 0 Å². The Morgan fingerprint density at radius 1 is 0.970 bits per heavy atom. The third-order valence-electron chi connectivity index (χ3n) is 4.46. The molecule has 3 aromatic carbocycles. The van der Waals surface area contributed by atoms with Crippen LogP contribution in [0.5, 0.6) is 17.2 Å². The molecule has 1 N–H and O–H groups in total. The van der Waals surface area contributed by atoms with Crippen LogP contribution in [-0.4, -0.2) is 24.8 Å². The maximum atomic E-state index is 12.2. The molecule has 0 aliphatic heterocycles. The molecular weight excluding hydrogens is 463 g/mol. The van der Waals surface area contributed by atoms with E-state index in [0.29, 0.717) is 40.5 Å². The van der Waals surface area contributed by atoms with E-state index in [1.807, 2.05) is 37.3 Å². The lowest BCUT2D eigenvalue weighted by atomic mass is 10.2. The van der Waals surface area contributed by atoms with Crippen molar-refractivity contribution in [1.29, 1.82) is 0 Å². The van der Waals surface area contributed by atoms with E-state index in [0.717, 1.165) is 11.1 Å². The van der Waals surface area contributed by atoms with E-state index in [9.17, 15) is 4.79 Å². The molecule has 6 nitrogen and oxygen atoms in total. The second kappa shape index (κ2) is 12.1. The average Bonchev–Trinajstić information content (AvgIpc) is 2.81. The number of nitrogens with one attached hydrogen (secondary N) is 1. The summed E-state index contributed by atoms with van der Waals surface area (Å²) in [5.74, 6) is 1.36. The molecule has 0 spiro atoms. The van der Waals surface area contributed by atoms with Crippen molar-refractivity contribution in [2.75, 3.05) is 6.61 Å².